The molecule has 2 atom stereocenters. The number of hydrogen-bond acceptors (Lipinski definition) is 6. The summed E-state index contributed by atoms with van der Waals surface area (Å²) < 4.78 is 5.65. The third-order valence-corrected chi connectivity index (χ3v) is 3.87. The first-order valence-electron chi connectivity index (χ1n) is 5.93. The van der Waals surface area contributed by atoms with Crippen molar-refractivity contribution in [3.8, 4) is 0 Å². The number of nitrogens with two attached hydrogens (primary N) is 1. The second kappa shape index (κ2) is 6.09. The van der Waals surface area contributed by atoms with E-state index in [1.165, 1.54) is 11.3 Å². The zero-order valence-electron chi connectivity index (χ0n) is 10.5. The van der Waals surface area contributed by atoms with Crippen molar-refractivity contribution in [2.45, 2.75) is 19.1 Å². The molecule has 8 heteroatoms. The smallest absolute Gasteiger partial charge is 0.318 e. The molecule has 19 heavy (non-hydrogen) atoms. The quantitative estimate of drug-likeness (QED) is 0.820. The molecular weight excluding hydrogens is 268 g/mol. The number of thiazole rings is 1. The Morgan fingerprint density at radius 1 is 1.68 bits per heavy atom. The topological polar surface area (TPSA) is 97.5 Å². The number of primary amides is 1. The average Bonchev–Trinajstić information content (AvgIpc) is 2.91. The zero-order valence-corrected chi connectivity index (χ0v) is 11.4. The van der Waals surface area contributed by atoms with Gasteiger partial charge in [-0.1, -0.05) is 0 Å². The number of rotatable bonds is 3. The van der Waals surface area contributed by atoms with E-state index in [9.17, 15) is 9.59 Å². The Bertz CT molecular complexity index is 451. The van der Waals surface area contributed by atoms with Crippen LogP contribution in [0.2, 0.25) is 0 Å². The van der Waals surface area contributed by atoms with Crippen molar-refractivity contribution >= 4 is 23.3 Å². The summed E-state index contributed by atoms with van der Waals surface area (Å²) in [6, 6.07) is -1.26. The van der Waals surface area contributed by atoms with E-state index in [0.29, 0.717) is 19.7 Å². The summed E-state index contributed by atoms with van der Waals surface area (Å²) >= 11 is 1.52. The number of imide groups is 1. The highest BCUT2D eigenvalue weighted by molar-refractivity contribution is 7.09. The number of hydrogen-bond donors (Lipinski definition) is 2. The normalized spacial score (nSPS) is 21.8. The van der Waals surface area contributed by atoms with Gasteiger partial charge in [-0.2, -0.15) is 0 Å². The number of urea groups is 1. The summed E-state index contributed by atoms with van der Waals surface area (Å²) in [5.41, 5.74) is 4.94. The van der Waals surface area contributed by atoms with Crippen LogP contribution in [-0.4, -0.2) is 47.6 Å². The SMILES string of the molecule is CC(C(=O)NC(N)=O)N1CCOC(c2nccs2)C1. The lowest BCUT2D eigenvalue weighted by atomic mass is 10.2. The van der Waals surface area contributed by atoms with Gasteiger partial charge >= 0.3 is 6.03 Å². The lowest BCUT2D eigenvalue weighted by Crippen LogP contribution is -2.52. The van der Waals surface area contributed by atoms with E-state index in [1.807, 2.05) is 10.3 Å². The first kappa shape index (κ1) is 13.9. The second-order valence-electron chi connectivity index (χ2n) is 4.25. The number of morpholine rings is 1. The van der Waals surface area contributed by atoms with Gasteiger partial charge in [0.2, 0.25) is 5.91 Å². The zero-order chi connectivity index (χ0) is 13.8. The van der Waals surface area contributed by atoms with Crippen LogP contribution in [0.15, 0.2) is 11.6 Å². The molecule has 0 spiro atoms. The van der Waals surface area contributed by atoms with E-state index in [2.05, 4.69) is 10.3 Å². The summed E-state index contributed by atoms with van der Waals surface area (Å²) in [7, 11) is 0. The number of carbonyl (C=O) groups excluding carboxylic acids is 2. The molecule has 0 saturated carbocycles. The van der Waals surface area contributed by atoms with Crippen LogP contribution in [0, 0.1) is 0 Å². The van der Waals surface area contributed by atoms with Crippen molar-refractivity contribution < 1.29 is 14.3 Å². The standard InChI is InChI=1S/C11H16N4O3S/c1-7(9(16)14-11(12)17)15-3-4-18-8(6-15)10-13-2-5-19-10/h2,5,7-8H,3-4,6H2,1H3,(H3,12,14,16,17). The molecule has 3 N–H and O–H groups in total. The summed E-state index contributed by atoms with van der Waals surface area (Å²) in [6.45, 7) is 3.47. The van der Waals surface area contributed by atoms with Crippen molar-refractivity contribution in [1.29, 1.82) is 0 Å². The molecule has 0 bridgehead atoms. The maximum atomic E-state index is 11.7. The van der Waals surface area contributed by atoms with Gasteiger partial charge in [-0.25, -0.2) is 9.78 Å². The molecule has 0 radical (unpaired) electrons. The van der Waals surface area contributed by atoms with Crippen molar-refractivity contribution in [2.24, 2.45) is 5.73 Å². The Labute approximate surface area is 114 Å². The van der Waals surface area contributed by atoms with Gasteiger partial charge in [0.1, 0.15) is 11.1 Å². The number of nitrogens with one attached hydrogen (secondary N) is 1. The van der Waals surface area contributed by atoms with E-state index in [-0.39, 0.29) is 6.10 Å². The lowest BCUT2D eigenvalue weighted by molar-refractivity contribution is -0.128. The predicted octanol–water partition coefficient (Wildman–Crippen LogP) is 0.0998. The molecule has 1 aromatic heterocycles. The van der Waals surface area contributed by atoms with Crippen molar-refractivity contribution in [2.75, 3.05) is 19.7 Å². The van der Waals surface area contributed by atoms with Gasteiger partial charge in [-0.05, 0) is 6.92 Å². The van der Waals surface area contributed by atoms with E-state index >= 15 is 0 Å². The molecule has 104 valence electrons. The highest BCUT2D eigenvalue weighted by Gasteiger charge is 2.30. The molecular formula is C11H16N4O3S. The molecule has 1 aromatic rings. The maximum Gasteiger partial charge on any atom is 0.318 e. The monoisotopic (exact) mass is 284 g/mol. The first-order chi connectivity index (χ1) is 9.08. The molecule has 2 heterocycles. The maximum absolute atomic E-state index is 11.7. The Kier molecular flexibility index (Phi) is 4.46. The minimum atomic E-state index is -0.832. The fourth-order valence-corrected chi connectivity index (χ4v) is 2.63. The van der Waals surface area contributed by atoms with Gasteiger partial charge in [0.05, 0.1) is 12.6 Å². The van der Waals surface area contributed by atoms with Crippen LogP contribution < -0.4 is 11.1 Å². The molecule has 0 aliphatic carbocycles. The fourth-order valence-electron chi connectivity index (χ4n) is 1.96. The Morgan fingerprint density at radius 2 is 2.47 bits per heavy atom. The van der Waals surface area contributed by atoms with Gasteiger partial charge < -0.3 is 10.5 Å². The Balaban J connectivity index is 1.97. The van der Waals surface area contributed by atoms with Crippen LogP contribution in [0.25, 0.3) is 0 Å². The second-order valence-corrected chi connectivity index (χ2v) is 5.18. The minimum absolute atomic E-state index is 0.127. The molecule has 1 aliphatic heterocycles. The highest BCUT2D eigenvalue weighted by atomic mass is 32.1. The van der Waals surface area contributed by atoms with Gasteiger partial charge in [0, 0.05) is 24.7 Å². The van der Waals surface area contributed by atoms with Crippen LogP contribution in [0.1, 0.15) is 18.0 Å². The van der Waals surface area contributed by atoms with Gasteiger partial charge in [0.25, 0.3) is 0 Å². The summed E-state index contributed by atoms with van der Waals surface area (Å²) in [6.07, 6.45) is 1.60. The van der Waals surface area contributed by atoms with Crippen LogP contribution in [-0.2, 0) is 9.53 Å². The molecule has 1 saturated heterocycles. The van der Waals surface area contributed by atoms with Crippen molar-refractivity contribution in [3.63, 3.8) is 0 Å². The molecule has 1 fully saturated rings. The van der Waals surface area contributed by atoms with Crippen molar-refractivity contribution in [1.82, 2.24) is 15.2 Å². The van der Waals surface area contributed by atoms with Crippen molar-refractivity contribution in [3.05, 3.63) is 16.6 Å². The average molecular weight is 284 g/mol. The predicted molar refractivity (Wildman–Crippen MR) is 69.6 cm³/mol. The van der Waals surface area contributed by atoms with E-state index in [1.54, 1.807) is 13.1 Å². The molecule has 1 aliphatic rings. The highest BCUT2D eigenvalue weighted by Crippen LogP contribution is 2.24. The number of nitrogens with zero attached hydrogens (tertiary/aromatic N) is 2. The Morgan fingerprint density at radius 3 is 3.11 bits per heavy atom. The number of ether oxygens (including phenoxy) is 1. The molecule has 0 aromatic carbocycles. The van der Waals surface area contributed by atoms with Gasteiger partial charge in [0.15, 0.2) is 0 Å². The van der Waals surface area contributed by atoms with E-state index in [0.717, 1.165) is 5.01 Å². The van der Waals surface area contributed by atoms with Crippen LogP contribution >= 0.6 is 11.3 Å². The van der Waals surface area contributed by atoms with Gasteiger partial charge in [-0.3, -0.25) is 15.0 Å². The summed E-state index contributed by atoms with van der Waals surface area (Å²) in [5, 5.41) is 4.88. The van der Waals surface area contributed by atoms with E-state index < -0.39 is 18.0 Å². The van der Waals surface area contributed by atoms with E-state index in [4.69, 9.17) is 10.5 Å². The molecule has 7 nitrogen and oxygen atoms in total. The molecule has 2 rings (SSSR count). The minimum Gasteiger partial charge on any atom is -0.368 e. The largest absolute Gasteiger partial charge is 0.368 e. The van der Waals surface area contributed by atoms with Crippen LogP contribution in [0.3, 0.4) is 0 Å². The van der Waals surface area contributed by atoms with Crippen LogP contribution in [0.5, 0.6) is 0 Å². The Hall–Kier alpha value is -1.51. The number of carbonyl (C=O) groups is 2. The third-order valence-electron chi connectivity index (χ3n) is 3.00. The first-order valence-corrected chi connectivity index (χ1v) is 6.81. The van der Waals surface area contributed by atoms with Gasteiger partial charge in [-0.15, -0.1) is 11.3 Å². The molecule has 2 unspecified atom stereocenters. The lowest BCUT2D eigenvalue weighted by Gasteiger charge is -2.35. The fraction of sp³-hybridized carbons (Fsp3) is 0.545. The number of aromatic nitrogens is 1. The molecule has 3 amide bonds. The number of amides is 3. The summed E-state index contributed by atoms with van der Waals surface area (Å²) in [5.74, 6) is -0.396. The van der Waals surface area contributed by atoms with Crippen LogP contribution in [0.4, 0.5) is 4.79 Å². The third kappa shape index (κ3) is 3.49. The summed E-state index contributed by atoms with van der Waals surface area (Å²) in [4.78, 5) is 28.6.